The van der Waals surface area contributed by atoms with E-state index in [4.69, 9.17) is 0 Å². The minimum absolute atomic E-state index is 0.464. The summed E-state index contributed by atoms with van der Waals surface area (Å²) < 4.78 is 25.8. The highest BCUT2D eigenvalue weighted by Crippen LogP contribution is 2.38. The average molecular weight is 306 g/mol. The zero-order valence-corrected chi connectivity index (χ0v) is 13.7. The highest BCUT2D eigenvalue weighted by atomic mass is 32.2. The van der Waals surface area contributed by atoms with Gasteiger partial charge in [-0.2, -0.15) is 0 Å². The van der Waals surface area contributed by atoms with Crippen molar-refractivity contribution >= 4 is 9.84 Å². The second-order valence-electron chi connectivity index (χ2n) is 5.99. The molecule has 0 fully saturated rings. The number of sulfone groups is 1. The van der Waals surface area contributed by atoms with E-state index >= 15 is 0 Å². The lowest BCUT2D eigenvalue weighted by atomic mass is 9.91. The number of rotatable bonds is 5. The molecule has 0 spiro atoms. The first-order valence-corrected chi connectivity index (χ1v) is 9.58. The molecule has 0 amide bonds. The van der Waals surface area contributed by atoms with Gasteiger partial charge in [0.15, 0.2) is 9.84 Å². The lowest BCUT2D eigenvalue weighted by Crippen LogP contribution is -2.37. The smallest absolute Gasteiger partial charge is 0.187 e. The van der Waals surface area contributed by atoms with Crippen LogP contribution in [0, 0.1) is 0 Å². The highest BCUT2D eigenvalue weighted by Gasteiger charge is 2.41. The number of hydrogen-bond acceptors (Lipinski definition) is 2. The molecule has 0 saturated heterocycles. The van der Waals surface area contributed by atoms with Crippen molar-refractivity contribution in [1.29, 1.82) is 0 Å². The van der Waals surface area contributed by atoms with Gasteiger partial charge < -0.3 is 0 Å². The topological polar surface area (TPSA) is 34.1 Å². The lowest BCUT2D eigenvalue weighted by Gasteiger charge is -2.32. The fourth-order valence-electron chi connectivity index (χ4n) is 3.12. The molecular weight excluding hydrogens is 280 g/mol. The SMILES string of the molecule is CCCCC1(S(=O)(=O)c2ccccc2)/C=C\CCCCC1. The predicted octanol–water partition coefficient (Wildman–Crippen LogP) is 4.91. The number of allylic oxidation sites excluding steroid dienone is 1. The van der Waals surface area contributed by atoms with Crippen molar-refractivity contribution in [2.45, 2.75) is 67.9 Å². The van der Waals surface area contributed by atoms with Gasteiger partial charge in [0.1, 0.15) is 0 Å². The molecule has 2 nitrogen and oxygen atoms in total. The Morgan fingerprint density at radius 1 is 1.10 bits per heavy atom. The van der Waals surface area contributed by atoms with Crippen LogP contribution >= 0.6 is 0 Å². The maximum absolute atomic E-state index is 13.2. The standard InChI is InChI=1S/C18H26O2S/c1-2-3-14-18(15-10-5-4-6-11-16-18)21(19,20)17-12-8-7-9-13-17/h7-10,12-13,15H,2-6,11,14,16H2,1H3/b15-10-. The molecule has 1 aromatic rings. The summed E-state index contributed by atoms with van der Waals surface area (Å²) in [6, 6.07) is 8.96. The Bertz CT molecular complexity index is 560. The van der Waals surface area contributed by atoms with E-state index in [1.165, 1.54) is 6.42 Å². The van der Waals surface area contributed by atoms with Gasteiger partial charge in [-0.05, 0) is 37.8 Å². The Kier molecular flexibility index (Phi) is 5.63. The van der Waals surface area contributed by atoms with Crippen LogP contribution in [0.2, 0.25) is 0 Å². The molecule has 1 aromatic carbocycles. The molecular formula is C18H26O2S. The predicted molar refractivity (Wildman–Crippen MR) is 88.1 cm³/mol. The van der Waals surface area contributed by atoms with Gasteiger partial charge in [0, 0.05) is 0 Å². The third-order valence-corrected chi connectivity index (χ3v) is 6.94. The molecule has 1 atom stereocenters. The molecule has 0 aromatic heterocycles. The molecule has 0 bridgehead atoms. The molecule has 1 unspecified atom stereocenters. The molecule has 1 aliphatic rings. The number of hydrogen-bond donors (Lipinski definition) is 0. The van der Waals surface area contributed by atoms with Gasteiger partial charge in [0.25, 0.3) is 0 Å². The van der Waals surface area contributed by atoms with Crippen LogP contribution in [0.3, 0.4) is 0 Å². The van der Waals surface area contributed by atoms with Crippen LogP contribution in [0.1, 0.15) is 58.3 Å². The van der Waals surface area contributed by atoms with Crippen molar-refractivity contribution in [3.05, 3.63) is 42.5 Å². The lowest BCUT2D eigenvalue weighted by molar-refractivity contribution is 0.469. The highest BCUT2D eigenvalue weighted by molar-refractivity contribution is 7.93. The van der Waals surface area contributed by atoms with Crippen molar-refractivity contribution in [2.24, 2.45) is 0 Å². The van der Waals surface area contributed by atoms with Crippen LogP contribution in [0.25, 0.3) is 0 Å². The van der Waals surface area contributed by atoms with Crippen molar-refractivity contribution in [3.63, 3.8) is 0 Å². The molecule has 0 radical (unpaired) electrons. The summed E-state index contributed by atoms with van der Waals surface area (Å²) in [4.78, 5) is 0.464. The molecule has 0 aliphatic heterocycles. The summed E-state index contributed by atoms with van der Waals surface area (Å²) in [6.45, 7) is 2.12. The Morgan fingerprint density at radius 2 is 1.86 bits per heavy atom. The molecule has 116 valence electrons. The van der Waals surface area contributed by atoms with Crippen LogP contribution in [-0.2, 0) is 9.84 Å². The van der Waals surface area contributed by atoms with Crippen LogP contribution < -0.4 is 0 Å². The summed E-state index contributed by atoms with van der Waals surface area (Å²) in [6.07, 6.45) is 11.9. The van der Waals surface area contributed by atoms with Gasteiger partial charge in [-0.25, -0.2) is 8.42 Å². The van der Waals surface area contributed by atoms with E-state index in [0.717, 1.165) is 44.9 Å². The fourth-order valence-corrected chi connectivity index (χ4v) is 5.21. The van der Waals surface area contributed by atoms with E-state index in [1.807, 2.05) is 24.3 Å². The quantitative estimate of drug-likeness (QED) is 0.724. The van der Waals surface area contributed by atoms with Gasteiger partial charge in [-0.3, -0.25) is 0 Å². The van der Waals surface area contributed by atoms with Crippen molar-refractivity contribution in [2.75, 3.05) is 0 Å². The Balaban J connectivity index is 2.45. The number of unbranched alkanes of at least 4 members (excludes halogenated alkanes) is 1. The maximum atomic E-state index is 13.2. The molecule has 21 heavy (non-hydrogen) atoms. The molecule has 0 N–H and O–H groups in total. The van der Waals surface area contributed by atoms with E-state index in [2.05, 4.69) is 13.0 Å². The number of benzene rings is 1. The van der Waals surface area contributed by atoms with E-state index in [1.54, 1.807) is 12.1 Å². The van der Waals surface area contributed by atoms with Crippen LogP contribution in [0.15, 0.2) is 47.4 Å². The normalized spacial score (nSPS) is 25.0. The zero-order chi connectivity index (χ0) is 15.2. The fraction of sp³-hybridized carbons (Fsp3) is 0.556. The largest absolute Gasteiger partial charge is 0.223 e. The first kappa shape index (κ1) is 16.3. The van der Waals surface area contributed by atoms with Crippen molar-refractivity contribution in [3.8, 4) is 0 Å². The third-order valence-electron chi connectivity index (χ3n) is 4.43. The van der Waals surface area contributed by atoms with Crippen molar-refractivity contribution < 1.29 is 8.42 Å². The summed E-state index contributed by atoms with van der Waals surface area (Å²) in [7, 11) is -3.32. The third kappa shape index (κ3) is 3.57. The summed E-state index contributed by atoms with van der Waals surface area (Å²) in [5, 5.41) is 0. The van der Waals surface area contributed by atoms with Gasteiger partial charge in [0.2, 0.25) is 0 Å². The van der Waals surface area contributed by atoms with E-state index < -0.39 is 14.6 Å². The maximum Gasteiger partial charge on any atom is 0.187 e. The minimum Gasteiger partial charge on any atom is -0.223 e. The van der Waals surface area contributed by atoms with Gasteiger partial charge in [-0.15, -0.1) is 0 Å². The summed E-state index contributed by atoms with van der Waals surface area (Å²) in [5.41, 5.74) is 0. The summed E-state index contributed by atoms with van der Waals surface area (Å²) in [5.74, 6) is 0. The van der Waals surface area contributed by atoms with E-state index in [-0.39, 0.29) is 0 Å². The Labute approximate surface area is 129 Å². The molecule has 2 rings (SSSR count). The molecule has 0 heterocycles. The summed E-state index contributed by atoms with van der Waals surface area (Å²) >= 11 is 0. The van der Waals surface area contributed by atoms with Crippen molar-refractivity contribution in [1.82, 2.24) is 0 Å². The van der Waals surface area contributed by atoms with Gasteiger partial charge >= 0.3 is 0 Å². The Hall–Kier alpha value is -1.09. The van der Waals surface area contributed by atoms with E-state index in [9.17, 15) is 8.42 Å². The Morgan fingerprint density at radius 3 is 2.57 bits per heavy atom. The van der Waals surface area contributed by atoms with E-state index in [0.29, 0.717) is 4.90 Å². The monoisotopic (exact) mass is 306 g/mol. The first-order chi connectivity index (χ1) is 10.1. The van der Waals surface area contributed by atoms with Gasteiger partial charge in [-0.1, -0.05) is 63.0 Å². The van der Waals surface area contributed by atoms with Crippen LogP contribution in [-0.4, -0.2) is 13.2 Å². The molecule has 1 aliphatic carbocycles. The second-order valence-corrected chi connectivity index (χ2v) is 8.28. The zero-order valence-electron chi connectivity index (χ0n) is 12.9. The first-order valence-electron chi connectivity index (χ1n) is 8.10. The second kappa shape index (κ2) is 7.26. The van der Waals surface area contributed by atoms with Crippen LogP contribution in [0.4, 0.5) is 0 Å². The van der Waals surface area contributed by atoms with Crippen LogP contribution in [0.5, 0.6) is 0 Å². The molecule has 0 saturated carbocycles. The van der Waals surface area contributed by atoms with Gasteiger partial charge in [0.05, 0.1) is 9.64 Å². The average Bonchev–Trinajstić information content (AvgIpc) is 2.47. The molecule has 3 heteroatoms. The minimum atomic E-state index is -3.32.